The summed E-state index contributed by atoms with van der Waals surface area (Å²) < 4.78 is 27.3. The third kappa shape index (κ3) is 4.23. The molecule has 6 nitrogen and oxygen atoms in total. The first-order valence-corrected chi connectivity index (χ1v) is 6.00. The minimum Gasteiger partial charge on any atom is -0.480 e. The highest BCUT2D eigenvalue weighted by molar-refractivity contribution is 5.97. The zero-order valence-electron chi connectivity index (χ0n) is 11.2. The Morgan fingerprint density at radius 2 is 1.95 bits per heavy atom. The van der Waals surface area contributed by atoms with Crippen molar-refractivity contribution >= 4 is 17.8 Å². The lowest BCUT2D eigenvalue weighted by Crippen LogP contribution is -2.42. The van der Waals surface area contributed by atoms with Gasteiger partial charge in [-0.2, -0.15) is 0 Å². The van der Waals surface area contributed by atoms with Crippen LogP contribution in [0.4, 0.5) is 8.78 Å². The van der Waals surface area contributed by atoms with Crippen molar-refractivity contribution in [3.8, 4) is 0 Å². The van der Waals surface area contributed by atoms with Gasteiger partial charge in [0, 0.05) is 6.42 Å². The molecule has 0 aliphatic rings. The summed E-state index contributed by atoms with van der Waals surface area (Å²) in [7, 11) is 0. The van der Waals surface area contributed by atoms with E-state index in [0.29, 0.717) is 0 Å². The van der Waals surface area contributed by atoms with Crippen LogP contribution in [0.5, 0.6) is 0 Å². The van der Waals surface area contributed by atoms with Gasteiger partial charge in [0.05, 0.1) is 0 Å². The van der Waals surface area contributed by atoms with Crippen molar-refractivity contribution in [1.82, 2.24) is 5.32 Å². The Balaban J connectivity index is 2.95. The molecule has 0 aromatic heterocycles. The Bertz CT molecular complexity index is 590. The maximum Gasteiger partial charge on any atom is 0.326 e. The molecule has 0 aliphatic carbocycles. The Morgan fingerprint density at radius 1 is 1.33 bits per heavy atom. The number of carboxylic acids is 1. The molecule has 8 heteroatoms. The maximum atomic E-state index is 13.8. The monoisotopic (exact) mass is 300 g/mol. The number of aryl methyl sites for hydroxylation is 1. The largest absolute Gasteiger partial charge is 0.480 e. The third-order valence-electron chi connectivity index (χ3n) is 2.79. The van der Waals surface area contributed by atoms with Gasteiger partial charge in [0.2, 0.25) is 5.91 Å². The van der Waals surface area contributed by atoms with Crippen LogP contribution in [-0.2, 0) is 9.59 Å². The molecule has 0 bridgehead atoms. The van der Waals surface area contributed by atoms with Gasteiger partial charge in [0.1, 0.15) is 23.2 Å². The molecule has 1 aromatic carbocycles. The van der Waals surface area contributed by atoms with Crippen LogP contribution in [0.15, 0.2) is 12.1 Å². The van der Waals surface area contributed by atoms with Crippen LogP contribution in [0.1, 0.15) is 28.8 Å². The molecule has 0 saturated carbocycles. The predicted molar refractivity (Wildman–Crippen MR) is 68.4 cm³/mol. The SMILES string of the molecule is Cc1ccc(F)c(C(=O)NC(CCC(N)=O)C(=O)O)c1F. The predicted octanol–water partition coefficient (Wildman–Crippen LogP) is 0.722. The van der Waals surface area contributed by atoms with Crippen molar-refractivity contribution < 1.29 is 28.3 Å². The normalized spacial score (nSPS) is 11.8. The lowest BCUT2D eigenvalue weighted by Gasteiger charge is -2.14. The first kappa shape index (κ1) is 16.5. The summed E-state index contributed by atoms with van der Waals surface area (Å²) in [5.74, 6) is -5.55. The summed E-state index contributed by atoms with van der Waals surface area (Å²) >= 11 is 0. The number of benzene rings is 1. The van der Waals surface area contributed by atoms with E-state index in [0.717, 1.165) is 12.1 Å². The second-order valence-electron chi connectivity index (χ2n) is 4.42. The molecule has 21 heavy (non-hydrogen) atoms. The first-order valence-electron chi connectivity index (χ1n) is 6.00. The number of rotatable bonds is 6. The van der Waals surface area contributed by atoms with Crippen LogP contribution in [0.3, 0.4) is 0 Å². The van der Waals surface area contributed by atoms with Crippen molar-refractivity contribution in [2.24, 2.45) is 5.73 Å². The molecule has 0 spiro atoms. The van der Waals surface area contributed by atoms with Crippen LogP contribution in [0.2, 0.25) is 0 Å². The molecule has 0 radical (unpaired) electrons. The van der Waals surface area contributed by atoms with E-state index in [-0.39, 0.29) is 18.4 Å². The van der Waals surface area contributed by atoms with E-state index in [1.54, 1.807) is 0 Å². The Morgan fingerprint density at radius 3 is 2.48 bits per heavy atom. The molecule has 0 saturated heterocycles. The highest BCUT2D eigenvalue weighted by atomic mass is 19.1. The van der Waals surface area contributed by atoms with Gasteiger partial charge in [0.25, 0.3) is 5.91 Å². The van der Waals surface area contributed by atoms with Gasteiger partial charge in [0.15, 0.2) is 0 Å². The van der Waals surface area contributed by atoms with Crippen LogP contribution >= 0.6 is 0 Å². The van der Waals surface area contributed by atoms with Gasteiger partial charge in [-0.1, -0.05) is 6.07 Å². The van der Waals surface area contributed by atoms with Crippen molar-refractivity contribution in [3.05, 3.63) is 34.9 Å². The van der Waals surface area contributed by atoms with E-state index in [4.69, 9.17) is 10.8 Å². The van der Waals surface area contributed by atoms with Crippen molar-refractivity contribution in [3.63, 3.8) is 0 Å². The lowest BCUT2D eigenvalue weighted by molar-refractivity contribution is -0.139. The fourth-order valence-corrected chi connectivity index (χ4v) is 1.64. The quantitative estimate of drug-likeness (QED) is 0.719. The summed E-state index contributed by atoms with van der Waals surface area (Å²) in [5.41, 5.74) is 4.07. The van der Waals surface area contributed by atoms with Crippen LogP contribution in [0.25, 0.3) is 0 Å². The summed E-state index contributed by atoms with van der Waals surface area (Å²) in [5, 5.41) is 10.9. The standard InChI is InChI=1S/C13H14F2N2O4/c1-6-2-3-7(14)10(11(6)15)12(19)17-8(13(20)21)4-5-9(16)18/h2-3,8H,4-5H2,1H3,(H2,16,18)(H,17,19)(H,20,21). The first-order chi connectivity index (χ1) is 9.73. The van der Waals surface area contributed by atoms with Crippen LogP contribution < -0.4 is 11.1 Å². The van der Waals surface area contributed by atoms with Gasteiger partial charge < -0.3 is 16.2 Å². The molecular weight excluding hydrogens is 286 g/mol. The van der Waals surface area contributed by atoms with E-state index in [1.807, 2.05) is 5.32 Å². The molecular formula is C13H14F2N2O4. The molecule has 0 aliphatic heterocycles. The summed E-state index contributed by atoms with van der Waals surface area (Å²) in [4.78, 5) is 33.4. The summed E-state index contributed by atoms with van der Waals surface area (Å²) in [6.07, 6.45) is -0.554. The fourth-order valence-electron chi connectivity index (χ4n) is 1.64. The van der Waals surface area contributed by atoms with Gasteiger partial charge in [-0.3, -0.25) is 9.59 Å². The van der Waals surface area contributed by atoms with Gasteiger partial charge >= 0.3 is 5.97 Å². The zero-order chi connectivity index (χ0) is 16.2. The average Bonchev–Trinajstić information content (AvgIpc) is 2.38. The number of hydrogen-bond donors (Lipinski definition) is 3. The number of carboxylic acid groups (broad SMARTS) is 1. The number of nitrogens with one attached hydrogen (secondary N) is 1. The van der Waals surface area contributed by atoms with Crippen molar-refractivity contribution in [2.75, 3.05) is 0 Å². The molecule has 0 heterocycles. The molecule has 1 atom stereocenters. The lowest BCUT2D eigenvalue weighted by atomic mass is 10.1. The molecule has 2 amide bonds. The Kier molecular flexibility index (Phi) is 5.34. The molecule has 1 rings (SSSR count). The number of primary amides is 1. The van der Waals surface area contributed by atoms with E-state index < -0.39 is 41.0 Å². The van der Waals surface area contributed by atoms with Gasteiger partial charge in [-0.05, 0) is 25.0 Å². The van der Waals surface area contributed by atoms with Crippen molar-refractivity contribution in [2.45, 2.75) is 25.8 Å². The molecule has 1 unspecified atom stereocenters. The average molecular weight is 300 g/mol. The smallest absolute Gasteiger partial charge is 0.326 e. The summed E-state index contributed by atoms with van der Waals surface area (Å²) in [6, 6.07) is 0.597. The second-order valence-corrected chi connectivity index (χ2v) is 4.42. The van der Waals surface area contributed by atoms with E-state index in [2.05, 4.69) is 0 Å². The fraction of sp³-hybridized carbons (Fsp3) is 0.308. The second kappa shape index (κ2) is 6.78. The molecule has 0 fully saturated rings. The number of aliphatic carboxylic acids is 1. The van der Waals surface area contributed by atoms with E-state index in [9.17, 15) is 23.2 Å². The number of amides is 2. The number of carbonyl (C=O) groups excluding carboxylic acids is 2. The Labute approximate surface area is 118 Å². The highest BCUT2D eigenvalue weighted by Crippen LogP contribution is 2.16. The van der Waals surface area contributed by atoms with Gasteiger partial charge in [-0.25, -0.2) is 13.6 Å². The number of hydrogen-bond acceptors (Lipinski definition) is 3. The van der Waals surface area contributed by atoms with E-state index in [1.165, 1.54) is 6.92 Å². The molecule has 4 N–H and O–H groups in total. The van der Waals surface area contributed by atoms with Gasteiger partial charge in [-0.15, -0.1) is 0 Å². The number of carbonyl (C=O) groups is 3. The molecule has 1 aromatic rings. The minimum atomic E-state index is -1.47. The number of nitrogens with two attached hydrogens (primary N) is 1. The van der Waals surface area contributed by atoms with Crippen LogP contribution in [-0.4, -0.2) is 28.9 Å². The third-order valence-corrected chi connectivity index (χ3v) is 2.79. The molecule has 114 valence electrons. The Hall–Kier alpha value is -2.51. The zero-order valence-corrected chi connectivity index (χ0v) is 11.2. The number of halogens is 2. The van der Waals surface area contributed by atoms with Crippen LogP contribution in [0, 0.1) is 18.6 Å². The highest BCUT2D eigenvalue weighted by Gasteiger charge is 2.25. The van der Waals surface area contributed by atoms with E-state index >= 15 is 0 Å². The maximum absolute atomic E-state index is 13.8. The minimum absolute atomic E-state index is 0.0468. The summed E-state index contributed by atoms with van der Waals surface area (Å²) in [6.45, 7) is 1.34. The van der Waals surface area contributed by atoms with Crippen molar-refractivity contribution in [1.29, 1.82) is 0 Å². The topological polar surface area (TPSA) is 109 Å².